The van der Waals surface area contributed by atoms with Crippen molar-refractivity contribution in [3.05, 3.63) is 0 Å². The summed E-state index contributed by atoms with van der Waals surface area (Å²) in [5.41, 5.74) is 0. The monoisotopic (exact) mass is 343 g/mol. The Labute approximate surface area is 117 Å². The van der Waals surface area contributed by atoms with Gasteiger partial charge in [-0.2, -0.15) is 0 Å². The molecule has 0 amide bonds. The van der Waals surface area contributed by atoms with E-state index < -0.39 is 0 Å². The van der Waals surface area contributed by atoms with Crippen molar-refractivity contribution in [3.8, 4) is 0 Å². The lowest BCUT2D eigenvalue weighted by Crippen LogP contribution is -2.41. The zero-order valence-corrected chi connectivity index (χ0v) is 13.4. The first-order valence-corrected chi connectivity index (χ1v) is 5.65. The topological polar surface area (TPSA) is 45.7 Å². The van der Waals surface area contributed by atoms with Crippen LogP contribution in [0.3, 0.4) is 0 Å². The summed E-state index contributed by atoms with van der Waals surface area (Å²) >= 11 is 0. The van der Waals surface area contributed by atoms with Crippen LogP contribution in [-0.2, 0) is 4.74 Å². The molecule has 0 fully saturated rings. The number of aliphatic imine (C=N–C) groups is 1. The standard InChI is InChI=1S/C11H25N3O.HI/c1-9(2)14-11(12-5)13-7-6-8-15-10(3)4;/h9-10H,6-8H2,1-5H3,(H2,12,13,14);1H. The predicted molar refractivity (Wildman–Crippen MR) is 80.8 cm³/mol. The molecule has 16 heavy (non-hydrogen) atoms. The van der Waals surface area contributed by atoms with E-state index in [9.17, 15) is 0 Å². The fourth-order valence-corrected chi connectivity index (χ4v) is 1.07. The van der Waals surface area contributed by atoms with Crippen LogP contribution in [0.5, 0.6) is 0 Å². The second kappa shape index (κ2) is 11.4. The highest BCUT2D eigenvalue weighted by molar-refractivity contribution is 14.0. The van der Waals surface area contributed by atoms with Gasteiger partial charge in [-0.3, -0.25) is 4.99 Å². The maximum absolute atomic E-state index is 5.44. The van der Waals surface area contributed by atoms with Gasteiger partial charge in [-0.1, -0.05) is 0 Å². The summed E-state index contributed by atoms with van der Waals surface area (Å²) < 4.78 is 5.44. The third kappa shape index (κ3) is 12.0. The fourth-order valence-electron chi connectivity index (χ4n) is 1.07. The Morgan fingerprint density at radius 1 is 1.25 bits per heavy atom. The van der Waals surface area contributed by atoms with Gasteiger partial charge in [-0.05, 0) is 34.1 Å². The molecule has 0 aromatic heterocycles. The van der Waals surface area contributed by atoms with E-state index in [0.29, 0.717) is 12.1 Å². The largest absolute Gasteiger partial charge is 0.379 e. The molecule has 5 heteroatoms. The molecule has 0 aromatic carbocycles. The van der Waals surface area contributed by atoms with E-state index in [2.05, 4.69) is 29.5 Å². The smallest absolute Gasteiger partial charge is 0.191 e. The average Bonchev–Trinajstić information content (AvgIpc) is 2.14. The highest BCUT2D eigenvalue weighted by Gasteiger charge is 1.99. The maximum Gasteiger partial charge on any atom is 0.191 e. The first-order valence-electron chi connectivity index (χ1n) is 5.65. The van der Waals surface area contributed by atoms with Crippen molar-refractivity contribution < 1.29 is 4.74 Å². The van der Waals surface area contributed by atoms with Gasteiger partial charge in [-0.25, -0.2) is 0 Å². The molecule has 4 nitrogen and oxygen atoms in total. The Morgan fingerprint density at radius 2 is 1.88 bits per heavy atom. The zero-order valence-electron chi connectivity index (χ0n) is 11.0. The molecule has 0 aliphatic carbocycles. The van der Waals surface area contributed by atoms with E-state index in [1.165, 1.54) is 0 Å². The second-order valence-electron chi connectivity index (χ2n) is 4.07. The third-order valence-electron chi connectivity index (χ3n) is 1.71. The summed E-state index contributed by atoms with van der Waals surface area (Å²) in [4.78, 5) is 4.11. The second-order valence-corrected chi connectivity index (χ2v) is 4.07. The Hall–Kier alpha value is -0.0400. The molecule has 2 N–H and O–H groups in total. The van der Waals surface area contributed by atoms with Crippen LogP contribution >= 0.6 is 24.0 Å². The Morgan fingerprint density at radius 3 is 2.31 bits per heavy atom. The Kier molecular flexibility index (Phi) is 13.1. The van der Waals surface area contributed by atoms with Crippen LogP contribution in [0.25, 0.3) is 0 Å². The minimum atomic E-state index is 0. The summed E-state index contributed by atoms with van der Waals surface area (Å²) in [6.07, 6.45) is 1.31. The number of guanidine groups is 1. The van der Waals surface area contributed by atoms with Gasteiger partial charge in [0, 0.05) is 26.2 Å². The van der Waals surface area contributed by atoms with Crippen molar-refractivity contribution in [2.24, 2.45) is 4.99 Å². The normalized spacial score (nSPS) is 11.6. The summed E-state index contributed by atoms with van der Waals surface area (Å²) in [7, 11) is 1.78. The number of ether oxygens (including phenoxy) is 1. The molecule has 0 aliphatic heterocycles. The van der Waals surface area contributed by atoms with Gasteiger partial charge in [-0.15, -0.1) is 24.0 Å². The molecule has 0 spiro atoms. The molecule has 0 rings (SSSR count). The van der Waals surface area contributed by atoms with E-state index in [1.807, 2.05) is 13.8 Å². The maximum atomic E-state index is 5.44. The van der Waals surface area contributed by atoms with E-state index in [4.69, 9.17) is 4.74 Å². The number of rotatable bonds is 6. The van der Waals surface area contributed by atoms with E-state index in [-0.39, 0.29) is 24.0 Å². The van der Waals surface area contributed by atoms with Crippen LogP contribution < -0.4 is 10.6 Å². The first kappa shape index (κ1) is 18.3. The van der Waals surface area contributed by atoms with Crippen LogP contribution in [0.1, 0.15) is 34.1 Å². The van der Waals surface area contributed by atoms with Crippen molar-refractivity contribution in [2.75, 3.05) is 20.2 Å². The molecule has 0 bridgehead atoms. The molecule has 98 valence electrons. The van der Waals surface area contributed by atoms with E-state index in [1.54, 1.807) is 7.05 Å². The van der Waals surface area contributed by atoms with E-state index in [0.717, 1.165) is 25.5 Å². The zero-order chi connectivity index (χ0) is 11.7. The summed E-state index contributed by atoms with van der Waals surface area (Å²) in [6.45, 7) is 9.96. The number of nitrogens with one attached hydrogen (secondary N) is 2. The van der Waals surface area contributed by atoms with Gasteiger partial charge in [0.15, 0.2) is 5.96 Å². The van der Waals surface area contributed by atoms with Crippen molar-refractivity contribution in [2.45, 2.75) is 46.3 Å². The average molecular weight is 343 g/mol. The van der Waals surface area contributed by atoms with Crippen LogP contribution in [-0.4, -0.2) is 38.3 Å². The van der Waals surface area contributed by atoms with Gasteiger partial charge >= 0.3 is 0 Å². The lowest BCUT2D eigenvalue weighted by molar-refractivity contribution is 0.0776. The van der Waals surface area contributed by atoms with Gasteiger partial charge < -0.3 is 15.4 Å². The number of nitrogens with zero attached hydrogens (tertiary/aromatic N) is 1. The molecule has 0 unspecified atom stereocenters. The van der Waals surface area contributed by atoms with E-state index >= 15 is 0 Å². The molecular formula is C11H26IN3O. The molecule has 0 aromatic rings. The molecule has 0 atom stereocenters. The summed E-state index contributed by atoms with van der Waals surface area (Å²) in [6, 6.07) is 0.406. The highest BCUT2D eigenvalue weighted by Crippen LogP contribution is 1.89. The summed E-state index contributed by atoms with van der Waals surface area (Å²) in [5, 5.41) is 6.46. The Bertz CT molecular complexity index is 184. The first-order chi connectivity index (χ1) is 7.06. The van der Waals surface area contributed by atoms with Gasteiger partial charge in [0.2, 0.25) is 0 Å². The minimum absolute atomic E-state index is 0. The molecule has 0 heterocycles. The summed E-state index contributed by atoms with van der Waals surface area (Å²) in [5.74, 6) is 0.856. The van der Waals surface area contributed by atoms with Crippen molar-refractivity contribution in [1.29, 1.82) is 0 Å². The number of halogens is 1. The predicted octanol–water partition coefficient (Wildman–Crippen LogP) is 1.99. The minimum Gasteiger partial charge on any atom is -0.379 e. The lowest BCUT2D eigenvalue weighted by Gasteiger charge is -2.14. The van der Waals surface area contributed by atoms with Crippen molar-refractivity contribution in [1.82, 2.24) is 10.6 Å². The fraction of sp³-hybridized carbons (Fsp3) is 0.909. The number of hydrogen-bond acceptors (Lipinski definition) is 2. The highest BCUT2D eigenvalue weighted by atomic mass is 127. The number of hydrogen-bond donors (Lipinski definition) is 2. The van der Waals surface area contributed by atoms with Crippen LogP contribution in [0.2, 0.25) is 0 Å². The van der Waals surface area contributed by atoms with Crippen molar-refractivity contribution >= 4 is 29.9 Å². The van der Waals surface area contributed by atoms with Gasteiger partial charge in [0.25, 0.3) is 0 Å². The quantitative estimate of drug-likeness (QED) is 0.336. The molecule has 0 radical (unpaired) electrons. The lowest BCUT2D eigenvalue weighted by atomic mass is 10.4. The van der Waals surface area contributed by atoms with Gasteiger partial charge in [0.05, 0.1) is 6.10 Å². The van der Waals surface area contributed by atoms with Crippen LogP contribution in [0.4, 0.5) is 0 Å². The third-order valence-corrected chi connectivity index (χ3v) is 1.71. The SMILES string of the molecule is CN=C(NCCCOC(C)C)NC(C)C.I. The van der Waals surface area contributed by atoms with Crippen LogP contribution in [0.15, 0.2) is 4.99 Å². The molecular weight excluding hydrogens is 317 g/mol. The molecule has 0 saturated carbocycles. The van der Waals surface area contributed by atoms with Crippen molar-refractivity contribution in [3.63, 3.8) is 0 Å². The van der Waals surface area contributed by atoms with Crippen LogP contribution in [0, 0.1) is 0 Å². The molecule has 0 aliphatic rings. The van der Waals surface area contributed by atoms with Gasteiger partial charge in [0.1, 0.15) is 0 Å². The Balaban J connectivity index is 0. The molecule has 0 saturated heterocycles.